The van der Waals surface area contributed by atoms with Crippen molar-refractivity contribution in [1.82, 2.24) is 4.90 Å². The number of hydrogen-bond acceptors (Lipinski definition) is 7. The van der Waals surface area contributed by atoms with Gasteiger partial charge in [0, 0.05) is 31.9 Å². The maximum absolute atomic E-state index is 12.8. The zero-order chi connectivity index (χ0) is 22.7. The van der Waals surface area contributed by atoms with Crippen molar-refractivity contribution in [3.05, 3.63) is 48.0 Å². The molecule has 0 aromatic heterocycles. The normalized spacial score (nSPS) is 16.6. The number of anilines is 1. The van der Waals surface area contributed by atoms with Crippen LogP contribution in [0.5, 0.6) is 17.2 Å². The minimum absolute atomic E-state index is 0.0749. The van der Waals surface area contributed by atoms with Gasteiger partial charge in [-0.25, -0.2) is 0 Å². The molecule has 0 N–H and O–H groups in total. The van der Waals surface area contributed by atoms with Crippen molar-refractivity contribution in [2.45, 2.75) is 24.5 Å². The summed E-state index contributed by atoms with van der Waals surface area (Å²) in [7, 11) is -0.343. The van der Waals surface area contributed by atoms with Crippen LogP contribution in [0.4, 0.5) is 5.69 Å². The Morgan fingerprint density at radius 2 is 1.59 bits per heavy atom. The Labute approximate surface area is 188 Å². The van der Waals surface area contributed by atoms with E-state index < -0.39 is 10.1 Å². The highest BCUT2D eigenvalue weighted by Crippen LogP contribution is 2.31. The number of benzene rings is 2. The van der Waals surface area contributed by atoms with Gasteiger partial charge in [0.2, 0.25) is 5.91 Å². The zero-order valence-corrected chi connectivity index (χ0v) is 19.1. The number of rotatable bonds is 8. The highest BCUT2D eigenvalue weighted by Gasteiger charge is 2.37. The lowest BCUT2D eigenvalue weighted by atomic mass is 10.1. The Bertz CT molecular complexity index is 1060. The van der Waals surface area contributed by atoms with Crippen LogP contribution < -0.4 is 18.6 Å². The summed E-state index contributed by atoms with van der Waals surface area (Å²) in [6.07, 6.45) is 1.66. The van der Waals surface area contributed by atoms with Crippen molar-refractivity contribution in [3.8, 4) is 17.2 Å². The van der Waals surface area contributed by atoms with Crippen molar-refractivity contribution in [2.75, 3.05) is 45.3 Å². The summed E-state index contributed by atoms with van der Waals surface area (Å²) in [5.41, 5.74) is 1.86. The van der Waals surface area contributed by atoms with E-state index >= 15 is 0 Å². The molecule has 8 nitrogen and oxygen atoms in total. The van der Waals surface area contributed by atoms with Gasteiger partial charge >= 0.3 is 10.1 Å². The maximum atomic E-state index is 12.8. The smallest absolute Gasteiger partial charge is 0.312 e. The van der Waals surface area contributed by atoms with E-state index in [4.69, 9.17) is 13.7 Å². The van der Waals surface area contributed by atoms with E-state index in [1.54, 1.807) is 26.4 Å². The van der Waals surface area contributed by atoms with Gasteiger partial charge in [0.05, 0.1) is 25.9 Å². The third-order valence-corrected chi connectivity index (χ3v) is 7.50. The molecule has 1 saturated heterocycles. The highest BCUT2D eigenvalue weighted by molar-refractivity contribution is 7.88. The molecule has 0 radical (unpaired) electrons. The molecule has 1 aliphatic carbocycles. The van der Waals surface area contributed by atoms with Gasteiger partial charge in [-0.1, -0.05) is 6.07 Å². The molecule has 9 heteroatoms. The molecule has 32 heavy (non-hydrogen) atoms. The van der Waals surface area contributed by atoms with Crippen LogP contribution in [-0.4, -0.2) is 64.9 Å². The average Bonchev–Trinajstić information content (AvgIpc) is 3.66. The first-order valence-corrected chi connectivity index (χ1v) is 12.1. The molecule has 0 spiro atoms. The summed E-state index contributed by atoms with van der Waals surface area (Å²) in [4.78, 5) is 16.8. The largest absolute Gasteiger partial charge is 0.493 e. The average molecular weight is 461 g/mol. The number of nitrogens with zero attached hydrogens (tertiary/aromatic N) is 2. The van der Waals surface area contributed by atoms with Gasteiger partial charge in [-0.15, -0.1) is 0 Å². The minimum Gasteiger partial charge on any atom is -0.493 e. The predicted octanol–water partition coefficient (Wildman–Crippen LogP) is 2.47. The summed E-state index contributed by atoms with van der Waals surface area (Å²) in [6.45, 7) is 2.66. The van der Waals surface area contributed by atoms with Crippen LogP contribution in [0.3, 0.4) is 0 Å². The van der Waals surface area contributed by atoms with E-state index in [1.807, 2.05) is 35.2 Å². The Hall–Kier alpha value is -2.94. The van der Waals surface area contributed by atoms with Gasteiger partial charge in [-0.3, -0.25) is 4.79 Å². The van der Waals surface area contributed by atoms with E-state index in [-0.39, 0.29) is 11.2 Å². The van der Waals surface area contributed by atoms with Gasteiger partial charge < -0.3 is 23.5 Å². The molecule has 1 saturated carbocycles. The fourth-order valence-electron chi connectivity index (χ4n) is 3.76. The molecular formula is C23H28N2O6S. The van der Waals surface area contributed by atoms with Crippen LogP contribution in [0.2, 0.25) is 0 Å². The Morgan fingerprint density at radius 3 is 2.19 bits per heavy atom. The van der Waals surface area contributed by atoms with E-state index in [2.05, 4.69) is 4.90 Å². The first-order valence-electron chi connectivity index (χ1n) is 10.7. The second kappa shape index (κ2) is 9.28. The van der Waals surface area contributed by atoms with Crippen molar-refractivity contribution >= 4 is 21.7 Å². The lowest BCUT2D eigenvalue weighted by Crippen LogP contribution is -2.49. The Balaban J connectivity index is 1.30. The topological polar surface area (TPSA) is 85.4 Å². The number of ether oxygens (including phenoxy) is 2. The molecule has 0 atom stereocenters. The molecule has 0 unspecified atom stereocenters. The number of amides is 1. The number of methoxy groups -OCH3 is 2. The molecule has 2 aromatic carbocycles. The Morgan fingerprint density at radius 1 is 0.938 bits per heavy atom. The van der Waals surface area contributed by atoms with Gasteiger partial charge in [0.25, 0.3) is 0 Å². The van der Waals surface area contributed by atoms with Crippen LogP contribution in [0, 0.1) is 0 Å². The summed E-state index contributed by atoms with van der Waals surface area (Å²) in [5.74, 6) is 1.66. The van der Waals surface area contributed by atoms with Crippen LogP contribution >= 0.6 is 0 Å². The van der Waals surface area contributed by atoms with Crippen LogP contribution in [0.1, 0.15) is 18.4 Å². The number of piperazine rings is 1. The molecule has 2 aromatic rings. The fourth-order valence-corrected chi connectivity index (χ4v) is 4.99. The molecule has 0 bridgehead atoms. The minimum atomic E-state index is -3.50. The van der Waals surface area contributed by atoms with Gasteiger partial charge in [-0.05, 0) is 54.8 Å². The fraction of sp³-hybridized carbons (Fsp3) is 0.435. The highest BCUT2D eigenvalue weighted by atomic mass is 32.2. The molecule has 1 aliphatic heterocycles. The SMILES string of the molecule is COc1ccc(CC(=O)N2CCN(c3ccc(OS(=O)(=O)C4CC4)cc3)CC2)cc1OC. The molecule has 2 aliphatic rings. The third-order valence-electron chi connectivity index (χ3n) is 5.78. The van der Waals surface area contributed by atoms with Crippen molar-refractivity contribution < 1.29 is 26.9 Å². The first-order chi connectivity index (χ1) is 15.4. The van der Waals surface area contributed by atoms with Gasteiger partial charge in [-0.2, -0.15) is 8.42 Å². The number of carbonyl (C=O) groups is 1. The first kappa shape index (κ1) is 22.3. The number of carbonyl (C=O) groups excluding carboxylic acids is 1. The molecular weight excluding hydrogens is 432 g/mol. The van der Waals surface area contributed by atoms with Crippen LogP contribution in [0.15, 0.2) is 42.5 Å². The third kappa shape index (κ3) is 5.09. The Kier molecular flexibility index (Phi) is 6.45. The van der Waals surface area contributed by atoms with Crippen LogP contribution in [-0.2, 0) is 21.3 Å². The molecule has 1 heterocycles. The number of hydrogen-bond donors (Lipinski definition) is 0. The zero-order valence-electron chi connectivity index (χ0n) is 18.3. The van der Waals surface area contributed by atoms with E-state index in [0.29, 0.717) is 62.7 Å². The predicted molar refractivity (Wildman–Crippen MR) is 121 cm³/mol. The standard InChI is InChI=1S/C23H28N2O6S/c1-29-21-10-3-17(15-22(21)30-2)16-23(26)25-13-11-24(12-14-25)18-4-6-19(7-5-18)31-32(27,28)20-8-9-20/h3-7,10,15,20H,8-9,11-14,16H2,1-2H3. The summed E-state index contributed by atoms with van der Waals surface area (Å²) >= 11 is 0. The summed E-state index contributed by atoms with van der Waals surface area (Å²) in [5, 5.41) is -0.355. The van der Waals surface area contributed by atoms with E-state index in [1.165, 1.54) is 0 Å². The van der Waals surface area contributed by atoms with Gasteiger partial charge in [0.15, 0.2) is 11.5 Å². The lowest BCUT2D eigenvalue weighted by molar-refractivity contribution is -0.130. The second-order valence-electron chi connectivity index (χ2n) is 8.00. The quantitative estimate of drug-likeness (QED) is 0.560. The molecule has 4 rings (SSSR count). The summed E-state index contributed by atoms with van der Waals surface area (Å²) in [6, 6.07) is 12.6. The second-order valence-corrected chi connectivity index (χ2v) is 9.82. The van der Waals surface area contributed by atoms with Crippen molar-refractivity contribution in [2.24, 2.45) is 0 Å². The van der Waals surface area contributed by atoms with Crippen LogP contribution in [0.25, 0.3) is 0 Å². The van der Waals surface area contributed by atoms with E-state index in [0.717, 1.165) is 11.3 Å². The van der Waals surface area contributed by atoms with Crippen molar-refractivity contribution in [3.63, 3.8) is 0 Å². The molecule has 172 valence electrons. The monoisotopic (exact) mass is 460 g/mol. The van der Waals surface area contributed by atoms with Crippen molar-refractivity contribution in [1.29, 1.82) is 0 Å². The lowest BCUT2D eigenvalue weighted by Gasteiger charge is -2.36. The molecule has 2 fully saturated rings. The van der Waals surface area contributed by atoms with E-state index in [9.17, 15) is 13.2 Å². The molecule has 1 amide bonds. The summed E-state index contributed by atoms with van der Waals surface area (Å²) < 4.78 is 39.7. The van der Waals surface area contributed by atoms with Gasteiger partial charge in [0.1, 0.15) is 5.75 Å². The maximum Gasteiger partial charge on any atom is 0.312 e.